The number of hydrogen-bond donors (Lipinski definition) is 0. The smallest absolute Gasteiger partial charge is 0.306 e. The number of esters is 3. The molecule has 0 aromatic heterocycles. The summed E-state index contributed by atoms with van der Waals surface area (Å²) in [6.07, 6.45) is 87.3. The molecule has 0 aromatic carbocycles. The van der Waals surface area contributed by atoms with Crippen molar-refractivity contribution in [3.05, 3.63) is 85.1 Å². The molecule has 450 valence electrons. The molecule has 0 bridgehead atoms. The highest BCUT2D eigenvalue weighted by atomic mass is 16.6. The third kappa shape index (κ3) is 63.4. The molecule has 78 heavy (non-hydrogen) atoms. The summed E-state index contributed by atoms with van der Waals surface area (Å²) in [7, 11) is 0. The number of ether oxygens (including phenoxy) is 3. The van der Waals surface area contributed by atoms with E-state index in [1.54, 1.807) is 0 Å². The Labute approximate surface area is 484 Å². The summed E-state index contributed by atoms with van der Waals surface area (Å²) < 4.78 is 17.0. The topological polar surface area (TPSA) is 78.9 Å². The molecule has 0 heterocycles. The predicted molar refractivity (Wildman–Crippen MR) is 339 cm³/mol. The second-order valence-electron chi connectivity index (χ2n) is 22.4. The molecule has 0 spiro atoms. The van der Waals surface area contributed by atoms with Gasteiger partial charge in [-0.25, -0.2) is 0 Å². The zero-order chi connectivity index (χ0) is 56.4. The van der Waals surface area contributed by atoms with E-state index in [4.69, 9.17) is 14.2 Å². The number of carbonyl (C=O) groups excluding carboxylic acids is 3. The molecular weight excluding hydrogens is 961 g/mol. The number of carbonyl (C=O) groups is 3. The summed E-state index contributed by atoms with van der Waals surface area (Å²) >= 11 is 0. The number of hydrogen-bond acceptors (Lipinski definition) is 6. The van der Waals surface area contributed by atoms with Crippen molar-refractivity contribution in [1.82, 2.24) is 0 Å². The maximum Gasteiger partial charge on any atom is 0.306 e. The molecule has 6 nitrogen and oxygen atoms in total. The molecule has 0 amide bonds. The van der Waals surface area contributed by atoms with Crippen LogP contribution in [0.15, 0.2) is 85.1 Å². The van der Waals surface area contributed by atoms with Crippen molar-refractivity contribution >= 4 is 17.9 Å². The van der Waals surface area contributed by atoms with Gasteiger partial charge in [-0.2, -0.15) is 0 Å². The standard InChI is InChI=1S/C72H126O6/c1-4-7-10-13-16-19-22-25-28-31-34-35-36-39-41-44-47-50-53-56-59-62-65-71(74)77-68-69(78-72(75)66-63-60-57-54-51-48-45-42-38-33-30-27-24-21-18-15-12-9-6-3)67-76-70(73)64-61-58-55-52-49-46-43-40-37-32-29-26-23-20-17-14-11-8-5-2/h9,12,17-18,20-21,26-27,29-30,37-38,40,42,69H,4-8,10-11,13-16,19,22-25,28,31-36,39,41,43-68H2,1-3H3/b12-9-,20-17-,21-18-,29-26-,30-27-,40-37-,42-38-. The SMILES string of the molecule is CC/C=C\C/C=C\C/C=C\C/C=C\CCCCCCCCC(=O)OC(COC(=O)CCCCCCCC/C=C\C/C=C\C/C=C\CCCCC)COC(=O)CCCCCCCCCCCCCCCCCCCCCCCC. The molecule has 0 aliphatic heterocycles. The van der Waals surface area contributed by atoms with Gasteiger partial charge in [-0.1, -0.05) is 305 Å². The van der Waals surface area contributed by atoms with Crippen LogP contribution in [0.5, 0.6) is 0 Å². The van der Waals surface area contributed by atoms with Gasteiger partial charge in [0.05, 0.1) is 0 Å². The lowest BCUT2D eigenvalue weighted by Gasteiger charge is -2.18. The molecule has 0 saturated heterocycles. The summed E-state index contributed by atoms with van der Waals surface area (Å²) in [5, 5.41) is 0. The Bertz CT molecular complexity index is 1480. The Morgan fingerprint density at radius 2 is 0.500 bits per heavy atom. The quantitative estimate of drug-likeness (QED) is 0.0261. The molecule has 0 radical (unpaired) electrons. The molecule has 0 aliphatic rings. The van der Waals surface area contributed by atoms with E-state index in [1.165, 1.54) is 180 Å². The van der Waals surface area contributed by atoms with Gasteiger partial charge < -0.3 is 14.2 Å². The van der Waals surface area contributed by atoms with Crippen molar-refractivity contribution in [2.45, 2.75) is 341 Å². The van der Waals surface area contributed by atoms with Crippen LogP contribution >= 0.6 is 0 Å². The van der Waals surface area contributed by atoms with E-state index in [1.807, 2.05) is 0 Å². The van der Waals surface area contributed by atoms with Gasteiger partial charge in [0.1, 0.15) is 13.2 Å². The Balaban J connectivity index is 4.39. The fourth-order valence-corrected chi connectivity index (χ4v) is 9.62. The molecule has 1 atom stereocenters. The first-order valence-corrected chi connectivity index (χ1v) is 33.6. The fraction of sp³-hybridized carbons (Fsp3) is 0.764. The zero-order valence-electron chi connectivity index (χ0n) is 51.7. The van der Waals surface area contributed by atoms with Crippen LogP contribution in [0, 0.1) is 0 Å². The van der Waals surface area contributed by atoms with E-state index in [2.05, 4.69) is 106 Å². The van der Waals surface area contributed by atoms with E-state index in [9.17, 15) is 14.4 Å². The average Bonchev–Trinajstić information content (AvgIpc) is 3.44. The van der Waals surface area contributed by atoms with Gasteiger partial charge in [0, 0.05) is 19.3 Å². The first-order chi connectivity index (χ1) is 38.5. The second kappa shape index (κ2) is 66.1. The Morgan fingerprint density at radius 3 is 0.808 bits per heavy atom. The summed E-state index contributed by atoms with van der Waals surface area (Å²) in [6.45, 7) is 6.53. The normalized spacial score (nSPS) is 12.6. The van der Waals surface area contributed by atoms with Gasteiger partial charge >= 0.3 is 17.9 Å². The van der Waals surface area contributed by atoms with E-state index >= 15 is 0 Å². The van der Waals surface area contributed by atoms with Gasteiger partial charge in [-0.15, -0.1) is 0 Å². The van der Waals surface area contributed by atoms with Crippen molar-refractivity contribution < 1.29 is 28.6 Å². The van der Waals surface area contributed by atoms with Crippen LogP contribution in [-0.2, 0) is 28.6 Å². The maximum absolute atomic E-state index is 12.9. The van der Waals surface area contributed by atoms with Crippen molar-refractivity contribution in [2.75, 3.05) is 13.2 Å². The minimum absolute atomic E-state index is 0.0841. The van der Waals surface area contributed by atoms with E-state index in [-0.39, 0.29) is 31.1 Å². The van der Waals surface area contributed by atoms with Crippen LogP contribution in [0.25, 0.3) is 0 Å². The van der Waals surface area contributed by atoms with Gasteiger partial charge in [0.15, 0.2) is 6.10 Å². The van der Waals surface area contributed by atoms with Crippen LogP contribution in [0.4, 0.5) is 0 Å². The highest BCUT2D eigenvalue weighted by Crippen LogP contribution is 2.17. The average molecular weight is 1090 g/mol. The van der Waals surface area contributed by atoms with Crippen LogP contribution < -0.4 is 0 Å². The zero-order valence-corrected chi connectivity index (χ0v) is 51.7. The predicted octanol–water partition coefficient (Wildman–Crippen LogP) is 23.1. The van der Waals surface area contributed by atoms with Crippen molar-refractivity contribution in [3.63, 3.8) is 0 Å². The minimum Gasteiger partial charge on any atom is -0.462 e. The number of allylic oxidation sites excluding steroid dienone is 14. The molecule has 6 heteroatoms. The number of rotatable bonds is 61. The number of unbranched alkanes of at least 4 members (excludes halogenated alkanes) is 36. The largest absolute Gasteiger partial charge is 0.462 e. The Kier molecular flexibility index (Phi) is 63.2. The van der Waals surface area contributed by atoms with Crippen LogP contribution in [0.3, 0.4) is 0 Å². The second-order valence-corrected chi connectivity index (χ2v) is 22.4. The van der Waals surface area contributed by atoms with E-state index in [0.29, 0.717) is 19.3 Å². The molecule has 0 saturated carbocycles. The first-order valence-electron chi connectivity index (χ1n) is 33.6. The highest BCUT2D eigenvalue weighted by molar-refractivity contribution is 5.71. The lowest BCUT2D eigenvalue weighted by Crippen LogP contribution is -2.30. The molecule has 0 fully saturated rings. The molecule has 0 N–H and O–H groups in total. The van der Waals surface area contributed by atoms with Crippen molar-refractivity contribution in [1.29, 1.82) is 0 Å². The maximum atomic E-state index is 12.9. The summed E-state index contributed by atoms with van der Waals surface area (Å²) in [5.74, 6) is -0.895. The molecule has 0 aromatic rings. The van der Waals surface area contributed by atoms with Gasteiger partial charge in [-0.3, -0.25) is 14.4 Å². The lowest BCUT2D eigenvalue weighted by atomic mass is 10.0. The summed E-state index contributed by atoms with van der Waals surface area (Å²) in [4.78, 5) is 38.4. The van der Waals surface area contributed by atoms with Gasteiger partial charge in [-0.05, 0) is 96.3 Å². The van der Waals surface area contributed by atoms with Crippen LogP contribution in [-0.4, -0.2) is 37.2 Å². The summed E-state index contributed by atoms with van der Waals surface area (Å²) in [6, 6.07) is 0. The van der Waals surface area contributed by atoms with Crippen LogP contribution in [0.2, 0.25) is 0 Å². The minimum atomic E-state index is -0.791. The first kappa shape index (κ1) is 74.6. The van der Waals surface area contributed by atoms with Crippen molar-refractivity contribution in [3.8, 4) is 0 Å². The third-order valence-electron chi connectivity index (χ3n) is 14.6. The third-order valence-corrected chi connectivity index (χ3v) is 14.6. The highest BCUT2D eigenvalue weighted by Gasteiger charge is 2.19. The molecule has 0 rings (SSSR count). The monoisotopic (exact) mass is 1090 g/mol. The Morgan fingerprint density at radius 1 is 0.269 bits per heavy atom. The molecule has 1 unspecified atom stereocenters. The lowest BCUT2D eigenvalue weighted by molar-refractivity contribution is -0.167. The van der Waals surface area contributed by atoms with E-state index in [0.717, 1.165) is 116 Å². The van der Waals surface area contributed by atoms with Gasteiger partial charge in [0.25, 0.3) is 0 Å². The van der Waals surface area contributed by atoms with E-state index < -0.39 is 6.10 Å². The molecular formula is C72H126O6. The molecule has 0 aliphatic carbocycles. The van der Waals surface area contributed by atoms with Crippen LogP contribution in [0.1, 0.15) is 335 Å². The Hall–Kier alpha value is -3.41. The fourth-order valence-electron chi connectivity index (χ4n) is 9.62. The van der Waals surface area contributed by atoms with Gasteiger partial charge in [0.2, 0.25) is 0 Å². The summed E-state index contributed by atoms with van der Waals surface area (Å²) in [5.41, 5.74) is 0. The van der Waals surface area contributed by atoms with Crippen molar-refractivity contribution in [2.24, 2.45) is 0 Å².